The summed E-state index contributed by atoms with van der Waals surface area (Å²) in [5.41, 5.74) is 3.41. The number of hydrogen-bond acceptors (Lipinski definition) is 6. The molecule has 0 unspecified atom stereocenters. The van der Waals surface area contributed by atoms with Crippen molar-refractivity contribution in [1.29, 1.82) is 0 Å². The van der Waals surface area contributed by atoms with Crippen LogP contribution >= 0.6 is 32.9 Å². The maximum atomic E-state index is 13.0. The van der Waals surface area contributed by atoms with Crippen LogP contribution in [0.15, 0.2) is 60.0 Å². The smallest absolute Gasteiger partial charge is 0.275 e. The molecule has 0 saturated carbocycles. The SMILES string of the molecule is CSSC(C)(C)CN1CCC(c2nc(C(=O)Nc3ccccc3-c3ccccc3)cs2)CC1. The van der Waals surface area contributed by atoms with E-state index >= 15 is 0 Å². The van der Waals surface area contributed by atoms with Crippen molar-refractivity contribution in [3.05, 3.63) is 70.7 Å². The van der Waals surface area contributed by atoms with E-state index in [9.17, 15) is 4.79 Å². The lowest BCUT2D eigenvalue weighted by molar-refractivity contribution is 0.102. The summed E-state index contributed by atoms with van der Waals surface area (Å²) >= 11 is 1.62. The van der Waals surface area contributed by atoms with Gasteiger partial charge in [0.2, 0.25) is 0 Å². The molecule has 0 bridgehead atoms. The molecule has 1 aromatic heterocycles. The molecule has 0 atom stereocenters. The summed E-state index contributed by atoms with van der Waals surface area (Å²) in [7, 11) is 3.80. The van der Waals surface area contributed by atoms with Crippen LogP contribution in [-0.4, -0.2) is 46.4 Å². The van der Waals surface area contributed by atoms with E-state index in [4.69, 9.17) is 4.98 Å². The fraction of sp³-hybridized carbons (Fsp3) is 0.385. The molecule has 1 aliphatic heterocycles. The Labute approximate surface area is 209 Å². The third kappa shape index (κ3) is 6.41. The maximum Gasteiger partial charge on any atom is 0.275 e. The van der Waals surface area contributed by atoms with E-state index in [2.05, 4.69) is 42.5 Å². The highest BCUT2D eigenvalue weighted by Crippen LogP contribution is 2.36. The molecule has 2 aromatic carbocycles. The van der Waals surface area contributed by atoms with Crippen molar-refractivity contribution in [2.45, 2.75) is 37.4 Å². The second-order valence-corrected chi connectivity index (χ2v) is 13.0. The zero-order valence-corrected chi connectivity index (χ0v) is 21.9. The summed E-state index contributed by atoms with van der Waals surface area (Å²) < 4.78 is 0.259. The van der Waals surface area contributed by atoms with Crippen molar-refractivity contribution in [3.8, 4) is 11.1 Å². The number of rotatable bonds is 8. The number of amides is 1. The first-order valence-corrected chi connectivity index (χ1v) is 14.7. The Morgan fingerprint density at radius 2 is 1.82 bits per heavy atom. The summed E-state index contributed by atoms with van der Waals surface area (Å²) in [6, 6.07) is 18.0. The molecule has 4 nitrogen and oxygen atoms in total. The number of carbonyl (C=O) groups excluding carboxylic acids is 1. The van der Waals surface area contributed by atoms with Crippen LogP contribution in [0.25, 0.3) is 11.1 Å². The van der Waals surface area contributed by atoms with Gasteiger partial charge in [-0.2, -0.15) is 0 Å². The normalized spacial score (nSPS) is 15.5. The van der Waals surface area contributed by atoms with Gasteiger partial charge in [0.25, 0.3) is 5.91 Å². The van der Waals surface area contributed by atoms with Crippen LogP contribution in [0.3, 0.4) is 0 Å². The summed E-state index contributed by atoms with van der Waals surface area (Å²) in [4.78, 5) is 20.3. The van der Waals surface area contributed by atoms with Gasteiger partial charge < -0.3 is 10.2 Å². The molecule has 0 spiro atoms. The average molecular weight is 498 g/mol. The standard InChI is InChI=1S/C26H31N3OS3/c1-26(2,33-31-3)18-29-15-13-20(14-16-29)25-28-23(17-32-25)24(30)27-22-12-8-7-11-21(22)19-9-5-4-6-10-19/h4-12,17,20H,13-16,18H2,1-3H3,(H,27,30). The van der Waals surface area contributed by atoms with Gasteiger partial charge in [0.1, 0.15) is 5.69 Å². The highest BCUT2D eigenvalue weighted by Gasteiger charge is 2.28. The van der Waals surface area contributed by atoms with Crippen molar-refractivity contribution in [2.75, 3.05) is 31.2 Å². The Balaban J connectivity index is 1.38. The third-order valence-electron chi connectivity index (χ3n) is 5.86. The first-order chi connectivity index (χ1) is 15.9. The molecule has 1 saturated heterocycles. The first kappa shape index (κ1) is 24.3. The Morgan fingerprint density at radius 1 is 1.12 bits per heavy atom. The quantitative estimate of drug-likeness (QED) is 0.338. The van der Waals surface area contributed by atoms with E-state index in [1.54, 1.807) is 11.3 Å². The lowest BCUT2D eigenvalue weighted by Gasteiger charge is -2.36. The van der Waals surface area contributed by atoms with E-state index in [0.717, 1.165) is 54.3 Å². The molecule has 174 valence electrons. The van der Waals surface area contributed by atoms with Crippen LogP contribution in [0, 0.1) is 0 Å². The predicted octanol–water partition coefficient (Wildman–Crippen LogP) is 7.03. The van der Waals surface area contributed by atoms with Crippen molar-refractivity contribution in [1.82, 2.24) is 9.88 Å². The molecule has 3 aromatic rings. The van der Waals surface area contributed by atoms with E-state index in [0.29, 0.717) is 11.6 Å². The van der Waals surface area contributed by atoms with Crippen LogP contribution in [0.4, 0.5) is 5.69 Å². The van der Waals surface area contributed by atoms with Gasteiger partial charge in [0.05, 0.1) is 5.01 Å². The second kappa shape index (κ2) is 11.1. The largest absolute Gasteiger partial charge is 0.320 e. The third-order valence-corrected chi connectivity index (χ3v) is 9.47. The Kier molecular flexibility index (Phi) is 8.17. The number of thiazole rings is 1. The number of benzene rings is 2. The minimum Gasteiger partial charge on any atom is -0.320 e. The van der Waals surface area contributed by atoms with Crippen molar-refractivity contribution in [3.63, 3.8) is 0 Å². The lowest BCUT2D eigenvalue weighted by atomic mass is 9.97. The molecule has 1 fully saturated rings. The van der Waals surface area contributed by atoms with Crippen LogP contribution in [0.1, 0.15) is 48.1 Å². The van der Waals surface area contributed by atoms with E-state index in [1.165, 1.54) is 0 Å². The van der Waals surface area contributed by atoms with Crippen molar-refractivity contribution >= 4 is 44.5 Å². The molecular formula is C26H31N3OS3. The van der Waals surface area contributed by atoms with Crippen LogP contribution in [0.2, 0.25) is 0 Å². The number of piperidine rings is 1. The molecule has 2 heterocycles. The van der Waals surface area contributed by atoms with E-state index < -0.39 is 0 Å². The van der Waals surface area contributed by atoms with Gasteiger partial charge in [-0.05, 0) is 57.7 Å². The van der Waals surface area contributed by atoms with Gasteiger partial charge in [-0.25, -0.2) is 4.98 Å². The molecular weight excluding hydrogens is 467 g/mol. The van der Waals surface area contributed by atoms with Gasteiger partial charge in [-0.15, -0.1) is 11.3 Å². The number of aromatic nitrogens is 1. The monoisotopic (exact) mass is 497 g/mol. The number of hydrogen-bond donors (Lipinski definition) is 1. The Morgan fingerprint density at radius 3 is 2.55 bits per heavy atom. The highest BCUT2D eigenvalue weighted by atomic mass is 33.1. The number of para-hydroxylation sites is 1. The molecule has 1 aliphatic rings. The molecule has 4 rings (SSSR count). The molecule has 0 radical (unpaired) electrons. The van der Waals surface area contributed by atoms with Crippen LogP contribution in [0.5, 0.6) is 0 Å². The highest BCUT2D eigenvalue weighted by molar-refractivity contribution is 8.76. The fourth-order valence-corrected chi connectivity index (χ4v) is 7.53. The van der Waals surface area contributed by atoms with Crippen molar-refractivity contribution in [2.24, 2.45) is 0 Å². The fourth-order valence-electron chi connectivity index (χ4n) is 4.36. The summed E-state index contributed by atoms with van der Waals surface area (Å²) in [5, 5.41) is 6.07. The number of anilines is 1. The molecule has 33 heavy (non-hydrogen) atoms. The number of nitrogens with zero attached hydrogens (tertiary/aromatic N) is 2. The van der Waals surface area contributed by atoms with Gasteiger partial charge in [0.15, 0.2) is 0 Å². The first-order valence-electron chi connectivity index (χ1n) is 11.3. The van der Waals surface area contributed by atoms with Gasteiger partial charge >= 0.3 is 0 Å². The Bertz CT molecular complexity index is 1060. The molecule has 1 amide bonds. The minimum absolute atomic E-state index is 0.144. The zero-order valence-electron chi connectivity index (χ0n) is 19.4. The van der Waals surface area contributed by atoms with Crippen LogP contribution < -0.4 is 5.32 Å². The Hall–Kier alpha value is -1.80. The summed E-state index contributed by atoms with van der Waals surface area (Å²) in [6.07, 6.45) is 4.35. The van der Waals surface area contributed by atoms with Gasteiger partial charge in [0, 0.05) is 33.8 Å². The molecule has 0 aliphatic carbocycles. The summed E-state index contributed by atoms with van der Waals surface area (Å²) in [5.74, 6) is 0.301. The molecule has 1 N–H and O–H groups in total. The number of nitrogens with one attached hydrogen (secondary N) is 1. The van der Waals surface area contributed by atoms with E-state index in [-0.39, 0.29) is 10.7 Å². The average Bonchev–Trinajstić information content (AvgIpc) is 3.31. The van der Waals surface area contributed by atoms with Crippen LogP contribution in [-0.2, 0) is 0 Å². The maximum absolute atomic E-state index is 13.0. The minimum atomic E-state index is -0.144. The number of carbonyl (C=O) groups is 1. The van der Waals surface area contributed by atoms with E-state index in [1.807, 2.05) is 69.4 Å². The number of likely N-dealkylation sites (tertiary alicyclic amines) is 1. The predicted molar refractivity (Wildman–Crippen MR) is 146 cm³/mol. The zero-order chi connectivity index (χ0) is 23.3. The van der Waals surface area contributed by atoms with Gasteiger partial charge in [-0.1, -0.05) is 70.1 Å². The topological polar surface area (TPSA) is 45.2 Å². The molecule has 7 heteroatoms. The lowest BCUT2D eigenvalue weighted by Crippen LogP contribution is -2.40. The summed E-state index contributed by atoms with van der Waals surface area (Å²) in [6.45, 7) is 7.94. The second-order valence-electron chi connectivity index (χ2n) is 9.00. The van der Waals surface area contributed by atoms with Crippen molar-refractivity contribution < 1.29 is 4.79 Å². The van der Waals surface area contributed by atoms with Gasteiger partial charge in [-0.3, -0.25) is 4.79 Å².